The first-order chi connectivity index (χ1) is 17.0. The van der Waals surface area contributed by atoms with Gasteiger partial charge in [-0.2, -0.15) is 5.26 Å². The summed E-state index contributed by atoms with van der Waals surface area (Å²) >= 11 is 0. The lowest BCUT2D eigenvalue weighted by molar-refractivity contribution is -0.131. The molecule has 2 aromatic heterocycles. The summed E-state index contributed by atoms with van der Waals surface area (Å²) in [4.78, 5) is 28.7. The van der Waals surface area contributed by atoms with Crippen molar-refractivity contribution in [3.63, 3.8) is 0 Å². The van der Waals surface area contributed by atoms with Crippen LogP contribution in [0.15, 0.2) is 59.7 Å². The molecule has 36 heavy (non-hydrogen) atoms. The van der Waals surface area contributed by atoms with Gasteiger partial charge < -0.3 is 14.0 Å². The number of benzene rings is 1. The van der Waals surface area contributed by atoms with Crippen molar-refractivity contribution in [3.8, 4) is 34.6 Å². The number of amides is 1. The molecule has 12 heteroatoms. The number of carbonyl (C=O) groups excluding carboxylic acids is 1. The van der Waals surface area contributed by atoms with Gasteiger partial charge in [-0.05, 0) is 42.7 Å². The highest BCUT2D eigenvalue weighted by atomic mass is 32.2. The van der Waals surface area contributed by atoms with Crippen LogP contribution in [-0.4, -0.2) is 47.2 Å². The number of sulfone groups is 1. The van der Waals surface area contributed by atoms with Crippen LogP contribution >= 0.6 is 0 Å². The number of aromatic nitrogens is 2. The van der Waals surface area contributed by atoms with E-state index in [9.17, 15) is 23.3 Å². The Morgan fingerprint density at radius 2 is 1.92 bits per heavy atom. The normalized spacial score (nSPS) is 12.8. The molecule has 3 aromatic rings. The molecule has 0 bridgehead atoms. The number of pyridine rings is 2. The van der Waals surface area contributed by atoms with Crippen LogP contribution in [0.5, 0.6) is 17.4 Å². The van der Waals surface area contributed by atoms with Gasteiger partial charge in [-0.15, -0.1) is 0 Å². The topological polar surface area (TPSA) is 161 Å². The smallest absolute Gasteiger partial charge is 0.264 e. The van der Waals surface area contributed by atoms with Crippen molar-refractivity contribution in [3.05, 3.63) is 70.8 Å². The van der Waals surface area contributed by atoms with E-state index < -0.39 is 26.1 Å². The first-order valence-corrected chi connectivity index (χ1v) is 12.5. The Kier molecular flexibility index (Phi) is 7.77. The van der Waals surface area contributed by atoms with E-state index in [1.54, 1.807) is 36.4 Å². The zero-order chi connectivity index (χ0) is 26.5. The Balaban J connectivity index is 1.78. The molecule has 0 saturated carbocycles. The molecule has 1 amide bonds. The molecule has 0 aliphatic heterocycles. The number of hydrogen-bond acceptors (Lipinski definition) is 9. The van der Waals surface area contributed by atoms with Crippen LogP contribution in [-0.2, 0) is 21.2 Å². The van der Waals surface area contributed by atoms with Crippen LogP contribution in [0.1, 0.15) is 18.9 Å². The largest absolute Gasteiger partial charge is 0.495 e. The van der Waals surface area contributed by atoms with Crippen LogP contribution in [0.4, 0.5) is 0 Å². The maximum absolute atomic E-state index is 12.6. The molecule has 188 valence electrons. The number of ether oxygens (including phenoxy) is 2. The summed E-state index contributed by atoms with van der Waals surface area (Å²) in [5.41, 5.74) is 2.48. The van der Waals surface area contributed by atoms with Crippen LogP contribution in [0.2, 0.25) is 0 Å². The lowest BCUT2D eigenvalue weighted by Gasteiger charge is -2.25. The Labute approximate surface area is 207 Å². The number of carbonyl (C=O) groups is 1. The van der Waals surface area contributed by atoms with Crippen molar-refractivity contribution in [1.29, 1.82) is 5.26 Å². The van der Waals surface area contributed by atoms with Gasteiger partial charge in [-0.25, -0.2) is 18.9 Å². The zero-order valence-corrected chi connectivity index (χ0v) is 20.6. The van der Waals surface area contributed by atoms with Gasteiger partial charge in [0, 0.05) is 37.3 Å². The number of hydroxylamine groups is 1. The molecule has 0 unspecified atom stereocenters. The predicted molar refractivity (Wildman–Crippen MR) is 130 cm³/mol. The fourth-order valence-electron chi connectivity index (χ4n) is 3.39. The average molecular weight is 513 g/mol. The molecule has 0 aliphatic rings. The molecule has 2 heterocycles. The molecule has 0 fully saturated rings. The SMILES string of the molecule is COc1ccnc(Oc2ccc(-c3ccn(CC[C@](C)(C(=O)NO)S(C)(=O)=O)c(=O)c3)cc2)c1C#N. The van der Waals surface area contributed by atoms with Crippen LogP contribution in [0, 0.1) is 11.3 Å². The van der Waals surface area contributed by atoms with E-state index >= 15 is 0 Å². The lowest BCUT2D eigenvalue weighted by atomic mass is 10.1. The standard InChI is InChI=1S/C24H24N4O7S/c1-24(23(30)27-31,36(3,32)33)10-13-28-12-9-17(14-21(28)29)16-4-6-18(7-5-16)35-22-19(15-25)20(34-2)8-11-26-22/h4-9,11-12,14,31H,10,13H2,1-3H3,(H,27,30)/t24-/m1/s1. The summed E-state index contributed by atoms with van der Waals surface area (Å²) in [5, 5.41) is 18.3. The van der Waals surface area contributed by atoms with Gasteiger partial charge >= 0.3 is 0 Å². The van der Waals surface area contributed by atoms with Crippen LogP contribution in [0.3, 0.4) is 0 Å². The quantitative estimate of drug-likeness (QED) is 0.324. The fraction of sp³-hybridized carbons (Fsp3) is 0.250. The summed E-state index contributed by atoms with van der Waals surface area (Å²) in [5.74, 6) is -0.203. The Bertz CT molecular complexity index is 1480. The van der Waals surface area contributed by atoms with Crippen LogP contribution in [0.25, 0.3) is 11.1 Å². The molecule has 1 aromatic carbocycles. The fourth-order valence-corrected chi connectivity index (χ4v) is 4.24. The highest BCUT2D eigenvalue weighted by molar-refractivity contribution is 7.92. The first kappa shape index (κ1) is 26.4. The minimum absolute atomic E-state index is 0.0579. The molecular weight excluding hydrogens is 488 g/mol. The van der Waals surface area contributed by atoms with E-state index in [2.05, 4.69) is 4.98 Å². The highest BCUT2D eigenvalue weighted by Gasteiger charge is 2.43. The summed E-state index contributed by atoms with van der Waals surface area (Å²) in [6.45, 7) is 1.13. The van der Waals surface area contributed by atoms with Gasteiger partial charge in [0.2, 0.25) is 5.88 Å². The molecule has 0 aliphatic carbocycles. The Hall–Kier alpha value is -4.21. The van der Waals surface area contributed by atoms with E-state index in [1.165, 1.54) is 42.5 Å². The van der Waals surface area contributed by atoms with E-state index in [4.69, 9.17) is 14.7 Å². The molecule has 3 rings (SSSR count). The van der Waals surface area contributed by atoms with E-state index in [-0.39, 0.29) is 24.4 Å². The minimum Gasteiger partial charge on any atom is -0.495 e. The number of methoxy groups -OCH3 is 1. The van der Waals surface area contributed by atoms with Crippen molar-refractivity contribution in [2.24, 2.45) is 0 Å². The van der Waals surface area contributed by atoms with Crippen molar-refractivity contribution in [2.75, 3.05) is 13.4 Å². The Morgan fingerprint density at radius 1 is 1.22 bits per heavy atom. The summed E-state index contributed by atoms with van der Waals surface area (Å²) in [6, 6.07) is 13.4. The number of nitrogens with zero attached hydrogens (tertiary/aromatic N) is 3. The van der Waals surface area contributed by atoms with Crippen molar-refractivity contribution < 1.29 is 27.9 Å². The maximum Gasteiger partial charge on any atom is 0.264 e. The van der Waals surface area contributed by atoms with E-state index in [0.717, 1.165) is 6.26 Å². The van der Waals surface area contributed by atoms with Gasteiger partial charge in [-0.1, -0.05) is 12.1 Å². The van der Waals surface area contributed by atoms with Crippen LogP contribution < -0.4 is 20.5 Å². The molecular formula is C24H24N4O7S. The molecule has 11 nitrogen and oxygen atoms in total. The van der Waals surface area contributed by atoms with Gasteiger partial charge in [0.25, 0.3) is 11.5 Å². The number of nitriles is 1. The number of nitrogens with one attached hydrogen (secondary N) is 1. The van der Waals surface area contributed by atoms with Gasteiger partial charge in [0.15, 0.2) is 20.1 Å². The summed E-state index contributed by atoms with van der Waals surface area (Å²) in [6.07, 6.45) is 3.65. The number of rotatable bonds is 9. The molecule has 0 spiro atoms. The van der Waals surface area contributed by atoms with Crippen molar-refractivity contribution >= 4 is 15.7 Å². The maximum atomic E-state index is 12.6. The van der Waals surface area contributed by atoms with E-state index in [1.807, 2.05) is 6.07 Å². The highest BCUT2D eigenvalue weighted by Crippen LogP contribution is 2.30. The minimum atomic E-state index is -3.87. The first-order valence-electron chi connectivity index (χ1n) is 10.6. The molecule has 0 radical (unpaired) electrons. The average Bonchev–Trinajstić information content (AvgIpc) is 2.86. The Morgan fingerprint density at radius 3 is 2.47 bits per heavy atom. The zero-order valence-electron chi connectivity index (χ0n) is 19.8. The third-order valence-electron chi connectivity index (χ3n) is 5.84. The number of aryl methyl sites for hydroxylation is 1. The predicted octanol–water partition coefficient (Wildman–Crippen LogP) is 2.28. The third kappa shape index (κ3) is 5.37. The van der Waals surface area contributed by atoms with E-state index in [0.29, 0.717) is 22.6 Å². The summed E-state index contributed by atoms with van der Waals surface area (Å²) < 4.78 is 34.5. The lowest BCUT2D eigenvalue weighted by Crippen LogP contribution is -2.49. The second-order valence-corrected chi connectivity index (χ2v) is 10.5. The second-order valence-electron chi connectivity index (χ2n) is 8.07. The van der Waals surface area contributed by atoms with Gasteiger partial charge in [0.05, 0.1) is 7.11 Å². The number of hydrogen-bond donors (Lipinski definition) is 2. The van der Waals surface area contributed by atoms with Crippen molar-refractivity contribution in [2.45, 2.75) is 24.6 Å². The molecule has 2 N–H and O–H groups in total. The van der Waals surface area contributed by atoms with Gasteiger partial charge in [0.1, 0.15) is 17.6 Å². The molecule has 1 atom stereocenters. The summed E-state index contributed by atoms with van der Waals surface area (Å²) in [7, 11) is -2.43. The van der Waals surface area contributed by atoms with Crippen molar-refractivity contribution in [1.82, 2.24) is 15.0 Å². The second kappa shape index (κ2) is 10.6. The monoisotopic (exact) mass is 512 g/mol. The third-order valence-corrected chi connectivity index (χ3v) is 7.86. The molecule has 0 saturated heterocycles. The van der Waals surface area contributed by atoms with Gasteiger partial charge in [-0.3, -0.25) is 14.8 Å².